The number of ether oxygens (including phenoxy) is 1. The maximum absolute atomic E-state index is 5.90. The van der Waals surface area contributed by atoms with E-state index in [1.165, 1.54) is 5.56 Å². The zero-order valence-corrected chi connectivity index (χ0v) is 14.2. The summed E-state index contributed by atoms with van der Waals surface area (Å²) >= 11 is 0. The Hall–Kier alpha value is -2.50. The predicted octanol–water partition coefficient (Wildman–Crippen LogP) is 1.86. The van der Waals surface area contributed by atoms with Crippen LogP contribution in [0.15, 0.2) is 41.7 Å². The van der Waals surface area contributed by atoms with E-state index in [0.717, 1.165) is 17.3 Å². The smallest absolute Gasteiger partial charge is 0.191 e. The summed E-state index contributed by atoms with van der Waals surface area (Å²) in [4.78, 5) is 4.21. The van der Waals surface area contributed by atoms with Crippen molar-refractivity contribution < 1.29 is 4.74 Å². The van der Waals surface area contributed by atoms with Crippen molar-refractivity contribution in [1.82, 2.24) is 20.4 Å². The van der Waals surface area contributed by atoms with Crippen molar-refractivity contribution in [3.05, 3.63) is 47.8 Å². The number of nitrogens with zero attached hydrogens (tertiary/aromatic N) is 3. The number of aryl methyl sites for hydroxylation is 2. The second-order valence-corrected chi connectivity index (χ2v) is 5.57. The third kappa shape index (κ3) is 5.65. The molecule has 1 heterocycles. The average Bonchev–Trinajstić information content (AvgIpc) is 2.93. The summed E-state index contributed by atoms with van der Waals surface area (Å²) in [5.41, 5.74) is 2.30. The van der Waals surface area contributed by atoms with Crippen LogP contribution in [0.4, 0.5) is 0 Å². The van der Waals surface area contributed by atoms with E-state index in [2.05, 4.69) is 33.7 Å². The fraction of sp³-hybridized carbons (Fsp3) is 0.412. The van der Waals surface area contributed by atoms with Crippen molar-refractivity contribution in [3.8, 4) is 5.75 Å². The molecule has 2 aromatic rings. The van der Waals surface area contributed by atoms with Gasteiger partial charge in [-0.25, -0.2) is 0 Å². The van der Waals surface area contributed by atoms with Gasteiger partial charge in [0.15, 0.2) is 5.96 Å². The fourth-order valence-corrected chi connectivity index (χ4v) is 2.17. The van der Waals surface area contributed by atoms with Crippen LogP contribution < -0.4 is 15.4 Å². The molecule has 0 bridgehead atoms. The normalized spacial score (nSPS) is 12.8. The number of hydrogen-bond donors (Lipinski definition) is 2. The van der Waals surface area contributed by atoms with E-state index < -0.39 is 0 Å². The molecule has 0 spiro atoms. The molecular weight excluding hydrogens is 290 g/mol. The Labute approximate surface area is 137 Å². The molecule has 2 N–H and O–H groups in total. The van der Waals surface area contributed by atoms with Crippen LogP contribution >= 0.6 is 0 Å². The molecule has 0 aliphatic heterocycles. The Morgan fingerprint density at radius 3 is 2.87 bits per heavy atom. The van der Waals surface area contributed by atoms with Crippen LogP contribution in [0, 0.1) is 6.92 Å². The predicted molar refractivity (Wildman–Crippen MR) is 92.7 cm³/mol. The number of benzene rings is 1. The van der Waals surface area contributed by atoms with E-state index >= 15 is 0 Å². The summed E-state index contributed by atoms with van der Waals surface area (Å²) in [6, 6.07) is 8.06. The van der Waals surface area contributed by atoms with Gasteiger partial charge in [-0.2, -0.15) is 5.10 Å². The van der Waals surface area contributed by atoms with E-state index in [0.29, 0.717) is 13.1 Å². The van der Waals surface area contributed by atoms with Gasteiger partial charge in [0.2, 0.25) is 0 Å². The molecule has 0 fully saturated rings. The monoisotopic (exact) mass is 315 g/mol. The van der Waals surface area contributed by atoms with Crippen LogP contribution in [0.2, 0.25) is 0 Å². The highest BCUT2D eigenvalue weighted by Gasteiger charge is 2.06. The third-order valence-electron chi connectivity index (χ3n) is 3.33. The first-order valence-corrected chi connectivity index (χ1v) is 7.72. The minimum Gasteiger partial charge on any atom is -0.489 e. The molecule has 2 rings (SSSR count). The summed E-state index contributed by atoms with van der Waals surface area (Å²) < 4.78 is 7.68. The molecule has 1 aromatic heterocycles. The van der Waals surface area contributed by atoms with E-state index in [1.54, 1.807) is 11.7 Å². The van der Waals surface area contributed by atoms with Crippen LogP contribution in [-0.2, 0) is 13.6 Å². The maximum Gasteiger partial charge on any atom is 0.191 e. The van der Waals surface area contributed by atoms with Gasteiger partial charge in [-0.05, 0) is 31.5 Å². The zero-order chi connectivity index (χ0) is 16.7. The van der Waals surface area contributed by atoms with Gasteiger partial charge < -0.3 is 15.4 Å². The SMILES string of the molecule is CN=C(NCc1cnn(C)c1)NCC(C)Oc1cccc(C)c1. The second kappa shape index (κ2) is 8.22. The largest absolute Gasteiger partial charge is 0.489 e. The molecule has 0 aliphatic carbocycles. The van der Waals surface area contributed by atoms with Gasteiger partial charge in [0.05, 0.1) is 12.7 Å². The van der Waals surface area contributed by atoms with Crippen molar-refractivity contribution in [2.45, 2.75) is 26.5 Å². The topological polar surface area (TPSA) is 63.5 Å². The molecule has 0 radical (unpaired) electrons. The Kier molecular flexibility index (Phi) is 6.02. The summed E-state index contributed by atoms with van der Waals surface area (Å²) in [7, 11) is 3.66. The Morgan fingerprint density at radius 2 is 2.22 bits per heavy atom. The molecule has 0 amide bonds. The minimum absolute atomic E-state index is 0.0359. The molecule has 0 saturated carbocycles. The lowest BCUT2D eigenvalue weighted by molar-refractivity contribution is 0.223. The molecule has 23 heavy (non-hydrogen) atoms. The first-order chi connectivity index (χ1) is 11.1. The van der Waals surface area contributed by atoms with Crippen LogP contribution in [0.1, 0.15) is 18.1 Å². The molecule has 1 aromatic carbocycles. The van der Waals surface area contributed by atoms with Gasteiger partial charge in [-0.3, -0.25) is 9.67 Å². The highest BCUT2D eigenvalue weighted by Crippen LogP contribution is 2.13. The van der Waals surface area contributed by atoms with Crippen LogP contribution in [0.3, 0.4) is 0 Å². The highest BCUT2D eigenvalue weighted by atomic mass is 16.5. The first-order valence-electron chi connectivity index (χ1n) is 7.72. The molecule has 6 heteroatoms. The summed E-state index contributed by atoms with van der Waals surface area (Å²) in [5.74, 6) is 1.63. The van der Waals surface area contributed by atoms with E-state index in [-0.39, 0.29) is 6.10 Å². The quantitative estimate of drug-likeness (QED) is 0.631. The molecular formula is C17H25N5O. The lowest BCUT2D eigenvalue weighted by Crippen LogP contribution is -2.41. The van der Waals surface area contributed by atoms with Crippen molar-refractivity contribution in [1.29, 1.82) is 0 Å². The van der Waals surface area contributed by atoms with Crippen LogP contribution in [0.25, 0.3) is 0 Å². The minimum atomic E-state index is 0.0359. The fourth-order valence-electron chi connectivity index (χ4n) is 2.17. The van der Waals surface area contributed by atoms with Crippen molar-refractivity contribution in [3.63, 3.8) is 0 Å². The second-order valence-electron chi connectivity index (χ2n) is 5.57. The van der Waals surface area contributed by atoms with Gasteiger partial charge in [0, 0.05) is 32.4 Å². The number of hydrogen-bond acceptors (Lipinski definition) is 3. The summed E-state index contributed by atoms with van der Waals surface area (Å²) in [6.07, 6.45) is 3.85. The van der Waals surface area contributed by atoms with Crippen molar-refractivity contribution >= 4 is 5.96 Å². The van der Waals surface area contributed by atoms with Crippen LogP contribution in [0.5, 0.6) is 5.75 Å². The van der Waals surface area contributed by atoms with Gasteiger partial charge in [-0.1, -0.05) is 12.1 Å². The standard InChI is InChI=1S/C17H25N5O/c1-13-6-5-7-16(8-13)23-14(2)9-19-17(18-3)20-10-15-11-21-22(4)12-15/h5-8,11-12,14H,9-10H2,1-4H3,(H2,18,19,20). The highest BCUT2D eigenvalue weighted by molar-refractivity contribution is 5.79. The molecule has 6 nitrogen and oxygen atoms in total. The molecule has 1 atom stereocenters. The lowest BCUT2D eigenvalue weighted by Gasteiger charge is -2.17. The van der Waals surface area contributed by atoms with Crippen LogP contribution in [-0.4, -0.2) is 35.4 Å². The third-order valence-corrected chi connectivity index (χ3v) is 3.33. The van der Waals surface area contributed by atoms with Gasteiger partial charge in [0.25, 0.3) is 0 Å². The lowest BCUT2D eigenvalue weighted by atomic mass is 10.2. The summed E-state index contributed by atoms with van der Waals surface area (Å²) in [5, 5.41) is 10.7. The van der Waals surface area contributed by atoms with Gasteiger partial charge in [-0.15, -0.1) is 0 Å². The Morgan fingerprint density at radius 1 is 1.39 bits per heavy atom. The van der Waals surface area contributed by atoms with E-state index in [9.17, 15) is 0 Å². The number of aromatic nitrogens is 2. The molecule has 124 valence electrons. The van der Waals surface area contributed by atoms with Gasteiger partial charge in [0.1, 0.15) is 11.9 Å². The molecule has 0 saturated heterocycles. The van der Waals surface area contributed by atoms with E-state index in [4.69, 9.17) is 4.74 Å². The van der Waals surface area contributed by atoms with E-state index in [1.807, 2.05) is 44.6 Å². The average molecular weight is 315 g/mol. The van der Waals surface area contributed by atoms with Crippen molar-refractivity contribution in [2.75, 3.05) is 13.6 Å². The zero-order valence-electron chi connectivity index (χ0n) is 14.2. The summed E-state index contributed by atoms with van der Waals surface area (Å²) in [6.45, 7) is 5.44. The number of nitrogens with one attached hydrogen (secondary N) is 2. The first kappa shape index (κ1) is 16.9. The Bertz CT molecular complexity index is 650. The van der Waals surface area contributed by atoms with Gasteiger partial charge >= 0.3 is 0 Å². The molecule has 0 aliphatic rings. The number of aliphatic imine (C=N–C) groups is 1. The number of rotatable bonds is 6. The molecule has 1 unspecified atom stereocenters. The van der Waals surface area contributed by atoms with Crippen molar-refractivity contribution in [2.24, 2.45) is 12.0 Å². The Balaban J connectivity index is 1.76. The number of guanidine groups is 1. The maximum atomic E-state index is 5.90.